The number of aryl methyl sites for hydroxylation is 3. The van der Waals surface area contributed by atoms with Crippen molar-refractivity contribution < 1.29 is 9.59 Å². The van der Waals surface area contributed by atoms with Crippen LogP contribution in [-0.2, 0) is 11.3 Å². The molecule has 3 aromatic rings. The normalized spacial score (nSPS) is 10.6. The molecule has 150 valence electrons. The number of nitrogens with zero attached hydrogens (tertiary/aromatic N) is 2. The van der Waals surface area contributed by atoms with Crippen LogP contribution in [0.4, 0.5) is 0 Å². The Balaban J connectivity index is 1.53. The lowest BCUT2D eigenvalue weighted by Gasteiger charge is -2.06. The van der Waals surface area contributed by atoms with Crippen molar-refractivity contribution in [3.63, 3.8) is 0 Å². The highest BCUT2D eigenvalue weighted by atomic mass is 32.1. The van der Waals surface area contributed by atoms with E-state index in [0.717, 1.165) is 21.7 Å². The molecule has 2 N–H and O–H groups in total. The summed E-state index contributed by atoms with van der Waals surface area (Å²) in [6.45, 7) is 6.65. The third kappa shape index (κ3) is 5.48. The van der Waals surface area contributed by atoms with Gasteiger partial charge in [-0.05, 0) is 44.0 Å². The molecule has 1 aromatic carbocycles. The van der Waals surface area contributed by atoms with Gasteiger partial charge in [0.1, 0.15) is 9.88 Å². The molecule has 2 aromatic heterocycles. The zero-order valence-corrected chi connectivity index (χ0v) is 17.6. The van der Waals surface area contributed by atoms with E-state index in [4.69, 9.17) is 0 Å². The molecule has 0 aliphatic carbocycles. The quantitative estimate of drug-likeness (QED) is 0.626. The van der Waals surface area contributed by atoms with Gasteiger partial charge >= 0.3 is 0 Å². The maximum absolute atomic E-state index is 12.5. The average Bonchev–Trinajstić information content (AvgIpc) is 3.08. The van der Waals surface area contributed by atoms with Crippen LogP contribution in [-0.4, -0.2) is 28.3 Å². The molecular weight excluding hydrogens is 384 g/mol. The Labute approximate surface area is 174 Å². The van der Waals surface area contributed by atoms with Crippen LogP contribution < -0.4 is 10.6 Å². The molecule has 6 nitrogen and oxygen atoms in total. The van der Waals surface area contributed by atoms with Crippen molar-refractivity contribution in [2.45, 2.75) is 33.7 Å². The fraction of sp³-hybridized carbons (Fsp3) is 0.273. The summed E-state index contributed by atoms with van der Waals surface area (Å²) in [5, 5.41) is 6.48. The first-order valence-electron chi connectivity index (χ1n) is 9.43. The van der Waals surface area contributed by atoms with E-state index in [2.05, 4.69) is 33.6 Å². The van der Waals surface area contributed by atoms with E-state index < -0.39 is 0 Å². The second-order valence-electron chi connectivity index (χ2n) is 6.89. The van der Waals surface area contributed by atoms with Crippen molar-refractivity contribution in [1.82, 2.24) is 20.6 Å². The number of pyridine rings is 1. The minimum atomic E-state index is -0.196. The van der Waals surface area contributed by atoms with Gasteiger partial charge in [-0.15, -0.1) is 11.3 Å². The number of hydrogen-bond donors (Lipinski definition) is 2. The molecule has 0 atom stereocenters. The second-order valence-corrected chi connectivity index (χ2v) is 7.89. The van der Waals surface area contributed by atoms with Crippen molar-refractivity contribution in [1.29, 1.82) is 0 Å². The lowest BCUT2D eigenvalue weighted by molar-refractivity contribution is -0.121. The van der Waals surface area contributed by atoms with Crippen LogP contribution in [0.3, 0.4) is 0 Å². The zero-order chi connectivity index (χ0) is 20.8. The van der Waals surface area contributed by atoms with E-state index in [9.17, 15) is 9.59 Å². The Morgan fingerprint density at radius 3 is 2.52 bits per heavy atom. The molecule has 0 radical (unpaired) electrons. The number of carbonyl (C=O) groups excluding carboxylic acids is 2. The summed E-state index contributed by atoms with van der Waals surface area (Å²) in [5.74, 6) is -0.308. The van der Waals surface area contributed by atoms with Gasteiger partial charge < -0.3 is 10.6 Å². The van der Waals surface area contributed by atoms with Gasteiger partial charge in [0, 0.05) is 37.5 Å². The van der Waals surface area contributed by atoms with Crippen LogP contribution in [0.2, 0.25) is 0 Å². The number of nitrogens with one attached hydrogen (secondary N) is 2. The molecule has 0 fully saturated rings. The van der Waals surface area contributed by atoms with Crippen LogP contribution in [0.15, 0.2) is 42.7 Å². The van der Waals surface area contributed by atoms with E-state index in [1.54, 1.807) is 12.4 Å². The highest BCUT2D eigenvalue weighted by molar-refractivity contribution is 7.17. The van der Waals surface area contributed by atoms with Crippen LogP contribution in [0.25, 0.3) is 10.6 Å². The smallest absolute Gasteiger partial charge is 0.263 e. The molecule has 2 amide bonds. The van der Waals surface area contributed by atoms with Crippen LogP contribution in [0.5, 0.6) is 0 Å². The number of carbonyl (C=O) groups is 2. The van der Waals surface area contributed by atoms with E-state index in [-0.39, 0.29) is 24.8 Å². The first kappa shape index (κ1) is 20.7. The van der Waals surface area contributed by atoms with Crippen LogP contribution in [0, 0.1) is 20.8 Å². The van der Waals surface area contributed by atoms with Gasteiger partial charge in [0.2, 0.25) is 5.91 Å². The highest BCUT2D eigenvalue weighted by Crippen LogP contribution is 2.30. The molecule has 0 unspecified atom stereocenters. The number of thiazole rings is 1. The fourth-order valence-corrected chi connectivity index (χ4v) is 4.01. The van der Waals surface area contributed by atoms with Gasteiger partial charge in [-0.2, -0.15) is 0 Å². The summed E-state index contributed by atoms with van der Waals surface area (Å²) in [4.78, 5) is 33.6. The number of amides is 2. The van der Waals surface area contributed by atoms with Crippen molar-refractivity contribution in [2.75, 3.05) is 6.54 Å². The standard InChI is InChI=1S/C22H24N4O2S/c1-14-4-5-18(15(2)12-14)22-26-16(3)20(29-22)21(28)24-11-8-19(27)25-13-17-6-9-23-10-7-17/h4-7,9-10,12H,8,11,13H2,1-3H3,(H,24,28)(H,25,27). The monoisotopic (exact) mass is 408 g/mol. The molecule has 0 aliphatic rings. The van der Waals surface area contributed by atoms with Crippen molar-refractivity contribution >= 4 is 23.2 Å². The molecule has 0 spiro atoms. The zero-order valence-electron chi connectivity index (χ0n) is 16.8. The molecule has 7 heteroatoms. The minimum Gasteiger partial charge on any atom is -0.352 e. The second kappa shape index (κ2) is 9.43. The first-order chi connectivity index (χ1) is 13.9. The summed E-state index contributed by atoms with van der Waals surface area (Å²) < 4.78 is 0. The van der Waals surface area contributed by atoms with E-state index in [1.807, 2.05) is 38.1 Å². The minimum absolute atomic E-state index is 0.112. The summed E-state index contributed by atoms with van der Waals surface area (Å²) in [7, 11) is 0. The lowest BCUT2D eigenvalue weighted by atomic mass is 10.1. The Morgan fingerprint density at radius 2 is 1.79 bits per heavy atom. The number of aromatic nitrogens is 2. The number of benzene rings is 1. The molecule has 0 saturated heterocycles. The van der Waals surface area contributed by atoms with E-state index in [1.165, 1.54) is 16.9 Å². The largest absolute Gasteiger partial charge is 0.352 e. The van der Waals surface area contributed by atoms with E-state index in [0.29, 0.717) is 17.1 Å². The molecule has 3 rings (SSSR count). The summed E-state index contributed by atoms with van der Waals surface area (Å²) >= 11 is 1.38. The molecule has 0 aliphatic heterocycles. The highest BCUT2D eigenvalue weighted by Gasteiger charge is 2.17. The predicted molar refractivity (Wildman–Crippen MR) is 115 cm³/mol. The predicted octanol–water partition coefficient (Wildman–Crippen LogP) is 3.57. The molecule has 0 bridgehead atoms. The molecule has 29 heavy (non-hydrogen) atoms. The third-order valence-corrected chi connectivity index (χ3v) is 5.68. The summed E-state index contributed by atoms with van der Waals surface area (Å²) in [6, 6.07) is 9.89. The summed E-state index contributed by atoms with van der Waals surface area (Å²) in [6.07, 6.45) is 3.59. The number of hydrogen-bond acceptors (Lipinski definition) is 5. The van der Waals surface area contributed by atoms with Gasteiger partial charge in [-0.3, -0.25) is 14.6 Å². The van der Waals surface area contributed by atoms with Crippen LogP contribution >= 0.6 is 11.3 Å². The Bertz CT molecular complexity index is 1010. The average molecular weight is 409 g/mol. The molecular formula is C22H24N4O2S. The van der Waals surface area contributed by atoms with Crippen molar-refractivity contribution in [3.05, 3.63) is 70.0 Å². The molecule has 2 heterocycles. The van der Waals surface area contributed by atoms with E-state index >= 15 is 0 Å². The van der Waals surface area contributed by atoms with Gasteiger partial charge in [0.15, 0.2) is 0 Å². The maximum atomic E-state index is 12.5. The van der Waals surface area contributed by atoms with Crippen molar-refractivity contribution in [2.24, 2.45) is 0 Å². The first-order valence-corrected chi connectivity index (χ1v) is 10.2. The lowest BCUT2D eigenvalue weighted by Crippen LogP contribution is -2.30. The van der Waals surface area contributed by atoms with Crippen molar-refractivity contribution in [3.8, 4) is 10.6 Å². The van der Waals surface area contributed by atoms with Crippen LogP contribution in [0.1, 0.15) is 38.5 Å². The SMILES string of the molecule is Cc1ccc(-c2nc(C)c(C(=O)NCCC(=O)NCc3ccncc3)s2)c(C)c1. The maximum Gasteiger partial charge on any atom is 0.263 e. The van der Waals surface area contributed by atoms with Gasteiger partial charge in [-0.25, -0.2) is 4.98 Å². The Hall–Kier alpha value is -3.06. The third-order valence-electron chi connectivity index (χ3n) is 4.49. The van der Waals surface area contributed by atoms with Gasteiger partial charge in [-0.1, -0.05) is 23.8 Å². The van der Waals surface area contributed by atoms with Gasteiger partial charge in [0.05, 0.1) is 5.69 Å². The Morgan fingerprint density at radius 1 is 1.03 bits per heavy atom. The number of rotatable bonds is 7. The molecule has 0 saturated carbocycles. The fourth-order valence-electron chi connectivity index (χ4n) is 2.94. The Kier molecular flexibility index (Phi) is 6.72. The summed E-state index contributed by atoms with van der Waals surface area (Å²) in [5.41, 5.74) is 5.05. The van der Waals surface area contributed by atoms with Gasteiger partial charge in [0.25, 0.3) is 5.91 Å². The topological polar surface area (TPSA) is 84.0 Å².